The number of tetrazole rings is 1. The minimum Gasteiger partial charge on any atom is -0.394 e. The molecule has 1 unspecified atom stereocenters. The van der Waals surface area contributed by atoms with Crippen LogP contribution in [0, 0.1) is 13.8 Å². The van der Waals surface area contributed by atoms with Gasteiger partial charge in [0.05, 0.1) is 24.4 Å². The van der Waals surface area contributed by atoms with Gasteiger partial charge >= 0.3 is 0 Å². The number of aliphatic hydroxyl groups is 1. The molecule has 1 aliphatic carbocycles. The summed E-state index contributed by atoms with van der Waals surface area (Å²) in [6, 6.07) is 14.5. The topological polar surface area (TPSA) is 75.9 Å². The Kier molecular flexibility index (Phi) is 4.30. The average Bonchev–Trinajstić information content (AvgIpc) is 3.25. The zero-order chi connectivity index (χ0) is 18.1. The Bertz CT molecular complexity index is 915. The first-order valence-corrected chi connectivity index (χ1v) is 8.93. The Morgan fingerprint density at radius 3 is 2.65 bits per heavy atom. The van der Waals surface area contributed by atoms with Crippen LogP contribution >= 0.6 is 0 Å². The van der Waals surface area contributed by atoms with Crippen LogP contribution in [0.3, 0.4) is 0 Å². The number of hydrogen-bond acceptors (Lipinski definition) is 5. The maximum Gasteiger partial charge on any atom is 0.170 e. The van der Waals surface area contributed by atoms with Crippen LogP contribution < -0.4 is 5.32 Å². The van der Waals surface area contributed by atoms with Gasteiger partial charge in [-0.1, -0.05) is 42.5 Å². The lowest BCUT2D eigenvalue weighted by Crippen LogP contribution is -2.43. The Labute approximate surface area is 152 Å². The molecule has 0 aliphatic heterocycles. The van der Waals surface area contributed by atoms with E-state index < -0.39 is 5.54 Å². The molecule has 1 aromatic heterocycles. The summed E-state index contributed by atoms with van der Waals surface area (Å²) in [5, 5.41) is 26.0. The molecule has 0 spiro atoms. The van der Waals surface area contributed by atoms with Gasteiger partial charge in [0.1, 0.15) is 0 Å². The van der Waals surface area contributed by atoms with E-state index in [1.165, 1.54) is 11.1 Å². The summed E-state index contributed by atoms with van der Waals surface area (Å²) >= 11 is 0. The van der Waals surface area contributed by atoms with E-state index in [-0.39, 0.29) is 6.61 Å². The predicted octanol–water partition coefficient (Wildman–Crippen LogP) is 2.20. The Morgan fingerprint density at radius 2 is 1.88 bits per heavy atom. The molecule has 2 N–H and O–H groups in total. The zero-order valence-electron chi connectivity index (χ0n) is 15.1. The molecule has 26 heavy (non-hydrogen) atoms. The number of aromatic nitrogens is 4. The van der Waals surface area contributed by atoms with E-state index in [4.69, 9.17) is 0 Å². The van der Waals surface area contributed by atoms with Crippen molar-refractivity contribution in [3.63, 3.8) is 0 Å². The molecule has 1 aliphatic rings. The summed E-state index contributed by atoms with van der Waals surface area (Å²) in [6.45, 7) is 4.65. The molecule has 0 saturated heterocycles. The van der Waals surface area contributed by atoms with Crippen molar-refractivity contribution in [3.8, 4) is 5.69 Å². The fraction of sp³-hybridized carbons (Fsp3) is 0.350. The number of hydrogen-bond donors (Lipinski definition) is 2. The lowest BCUT2D eigenvalue weighted by atomic mass is 9.92. The van der Waals surface area contributed by atoms with Crippen molar-refractivity contribution >= 4 is 0 Å². The minimum atomic E-state index is -0.436. The van der Waals surface area contributed by atoms with E-state index in [1.807, 2.05) is 18.2 Å². The van der Waals surface area contributed by atoms with Crippen LogP contribution in [-0.4, -0.2) is 31.9 Å². The number of nitrogens with zero attached hydrogens (tertiary/aromatic N) is 4. The summed E-state index contributed by atoms with van der Waals surface area (Å²) in [5.74, 6) is 0.736. The van der Waals surface area contributed by atoms with Crippen LogP contribution in [0.2, 0.25) is 0 Å². The lowest BCUT2D eigenvalue weighted by Gasteiger charge is -2.29. The summed E-state index contributed by atoms with van der Waals surface area (Å²) in [6.07, 6.45) is 1.83. The van der Waals surface area contributed by atoms with Crippen LogP contribution in [0.1, 0.15) is 34.5 Å². The Balaban J connectivity index is 1.63. The van der Waals surface area contributed by atoms with E-state index in [1.54, 1.807) is 4.68 Å². The molecule has 0 saturated carbocycles. The first kappa shape index (κ1) is 16.9. The van der Waals surface area contributed by atoms with Gasteiger partial charge in [0, 0.05) is 0 Å². The van der Waals surface area contributed by atoms with Crippen LogP contribution in [0.25, 0.3) is 5.69 Å². The SMILES string of the molecule is Cc1cccc(C)c1-n1nnnc1CNC1(CO)CCc2ccccc21. The third-order valence-electron chi connectivity index (χ3n) is 5.39. The Hall–Kier alpha value is -2.57. The smallest absolute Gasteiger partial charge is 0.170 e. The monoisotopic (exact) mass is 349 g/mol. The molecule has 0 amide bonds. The second-order valence-corrected chi connectivity index (χ2v) is 7.00. The number of fused-ring (bicyclic) bond motifs is 1. The summed E-state index contributed by atoms with van der Waals surface area (Å²) in [4.78, 5) is 0. The normalized spacial score (nSPS) is 18.9. The maximum atomic E-state index is 10.1. The van der Waals surface area contributed by atoms with Gasteiger partial charge in [0.2, 0.25) is 0 Å². The first-order chi connectivity index (χ1) is 12.6. The van der Waals surface area contributed by atoms with Crippen molar-refractivity contribution in [3.05, 3.63) is 70.5 Å². The van der Waals surface area contributed by atoms with Crippen LogP contribution in [0.15, 0.2) is 42.5 Å². The Morgan fingerprint density at radius 1 is 1.12 bits per heavy atom. The van der Waals surface area contributed by atoms with Crippen LogP contribution in [-0.2, 0) is 18.5 Å². The van der Waals surface area contributed by atoms with E-state index in [2.05, 4.69) is 59.0 Å². The van der Waals surface area contributed by atoms with Gasteiger partial charge in [-0.3, -0.25) is 5.32 Å². The largest absolute Gasteiger partial charge is 0.394 e. The molecule has 2 aromatic carbocycles. The highest BCUT2D eigenvalue weighted by Gasteiger charge is 2.37. The molecule has 1 heterocycles. The molecule has 3 aromatic rings. The molecule has 0 fully saturated rings. The minimum absolute atomic E-state index is 0.0506. The fourth-order valence-electron chi connectivity index (χ4n) is 3.97. The number of nitrogens with one attached hydrogen (secondary N) is 1. The highest BCUT2D eigenvalue weighted by molar-refractivity contribution is 5.46. The maximum absolute atomic E-state index is 10.1. The lowest BCUT2D eigenvalue weighted by molar-refractivity contribution is 0.157. The number of aliphatic hydroxyl groups excluding tert-OH is 1. The van der Waals surface area contributed by atoms with Crippen LogP contribution in [0.4, 0.5) is 0 Å². The van der Waals surface area contributed by atoms with E-state index in [0.29, 0.717) is 6.54 Å². The second-order valence-electron chi connectivity index (χ2n) is 7.00. The molecular formula is C20H23N5O. The zero-order valence-corrected chi connectivity index (χ0v) is 15.1. The molecule has 134 valence electrons. The molecular weight excluding hydrogens is 326 g/mol. The van der Waals surface area contributed by atoms with E-state index >= 15 is 0 Å². The molecule has 0 bridgehead atoms. The van der Waals surface area contributed by atoms with Crippen molar-refractivity contribution in [2.45, 2.75) is 38.8 Å². The molecule has 1 atom stereocenters. The average molecular weight is 349 g/mol. The number of rotatable bonds is 5. The van der Waals surface area contributed by atoms with E-state index in [9.17, 15) is 5.11 Å². The van der Waals surface area contributed by atoms with Gasteiger partial charge in [0.15, 0.2) is 5.82 Å². The molecule has 0 radical (unpaired) electrons. The molecule has 6 heteroatoms. The summed E-state index contributed by atoms with van der Waals surface area (Å²) < 4.78 is 1.80. The van der Waals surface area contributed by atoms with Gasteiger partial charge in [0.25, 0.3) is 0 Å². The second kappa shape index (κ2) is 6.63. The fourth-order valence-corrected chi connectivity index (χ4v) is 3.97. The van der Waals surface area contributed by atoms with E-state index in [0.717, 1.165) is 35.5 Å². The third kappa shape index (κ3) is 2.71. The quantitative estimate of drug-likeness (QED) is 0.739. The van der Waals surface area contributed by atoms with Gasteiger partial charge < -0.3 is 5.11 Å². The van der Waals surface area contributed by atoms with Gasteiger partial charge in [-0.25, -0.2) is 0 Å². The van der Waals surface area contributed by atoms with Crippen molar-refractivity contribution < 1.29 is 5.11 Å². The number of para-hydroxylation sites is 1. The summed E-state index contributed by atoms with van der Waals surface area (Å²) in [7, 11) is 0. The highest BCUT2D eigenvalue weighted by Crippen LogP contribution is 2.36. The van der Waals surface area contributed by atoms with Crippen molar-refractivity contribution in [2.24, 2.45) is 0 Å². The summed E-state index contributed by atoms with van der Waals surface area (Å²) in [5.41, 5.74) is 5.30. The van der Waals surface area contributed by atoms with Gasteiger partial charge in [-0.2, -0.15) is 4.68 Å². The van der Waals surface area contributed by atoms with Gasteiger partial charge in [-0.15, -0.1) is 5.10 Å². The standard InChI is InChI=1S/C20H23N5O/c1-14-6-5-7-15(2)19(14)25-18(22-23-24-25)12-21-20(13-26)11-10-16-8-3-4-9-17(16)20/h3-9,21,26H,10-13H2,1-2H3. The molecule has 4 rings (SSSR count). The number of benzene rings is 2. The highest BCUT2D eigenvalue weighted by atomic mass is 16.3. The number of aryl methyl sites for hydroxylation is 3. The molecule has 6 nitrogen and oxygen atoms in total. The third-order valence-corrected chi connectivity index (χ3v) is 5.39. The van der Waals surface area contributed by atoms with Crippen molar-refractivity contribution in [1.29, 1.82) is 0 Å². The van der Waals surface area contributed by atoms with Crippen LogP contribution in [0.5, 0.6) is 0 Å². The first-order valence-electron chi connectivity index (χ1n) is 8.93. The van der Waals surface area contributed by atoms with Crippen molar-refractivity contribution in [2.75, 3.05) is 6.61 Å². The van der Waals surface area contributed by atoms with Crippen molar-refractivity contribution in [1.82, 2.24) is 25.5 Å². The van der Waals surface area contributed by atoms with Gasteiger partial charge in [-0.05, 0) is 59.4 Å². The predicted molar refractivity (Wildman–Crippen MR) is 99.0 cm³/mol.